The van der Waals surface area contributed by atoms with Crippen molar-refractivity contribution in [3.63, 3.8) is 0 Å². The highest BCUT2D eigenvalue weighted by molar-refractivity contribution is 5.50. The SMILES string of the molecule is CCCN1CCN(c2cc(NCC)nc(C3CC3)n2)CC1. The maximum absolute atomic E-state index is 4.83. The molecule has 0 unspecified atom stereocenters. The van der Waals surface area contributed by atoms with Crippen LogP contribution in [-0.2, 0) is 0 Å². The third-order valence-corrected chi connectivity index (χ3v) is 4.27. The Morgan fingerprint density at radius 2 is 1.90 bits per heavy atom. The van der Waals surface area contributed by atoms with E-state index >= 15 is 0 Å². The molecule has 0 bridgehead atoms. The van der Waals surface area contributed by atoms with Gasteiger partial charge in [0.15, 0.2) is 0 Å². The van der Waals surface area contributed by atoms with E-state index < -0.39 is 0 Å². The van der Waals surface area contributed by atoms with Gasteiger partial charge < -0.3 is 10.2 Å². The van der Waals surface area contributed by atoms with Crippen LogP contribution >= 0.6 is 0 Å². The van der Waals surface area contributed by atoms with E-state index in [0.29, 0.717) is 5.92 Å². The molecule has 1 aromatic heterocycles. The molecule has 2 aliphatic rings. The summed E-state index contributed by atoms with van der Waals surface area (Å²) in [5.41, 5.74) is 0. The first-order chi connectivity index (χ1) is 10.3. The van der Waals surface area contributed by atoms with Crippen LogP contribution in [0.4, 0.5) is 11.6 Å². The first kappa shape index (κ1) is 14.6. The first-order valence-electron chi connectivity index (χ1n) is 8.40. The zero-order valence-electron chi connectivity index (χ0n) is 13.3. The van der Waals surface area contributed by atoms with Gasteiger partial charge in [-0.2, -0.15) is 0 Å². The second-order valence-electron chi connectivity index (χ2n) is 6.10. The Kier molecular flexibility index (Phi) is 4.58. The third-order valence-electron chi connectivity index (χ3n) is 4.27. The molecule has 0 amide bonds. The van der Waals surface area contributed by atoms with Gasteiger partial charge in [0, 0.05) is 44.7 Å². The van der Waals surface area contributed by atoms with Gasteiger partial charge in [-0.15, -0.1) is 0 Å². The maximum Gasteiger partial charge on any atom is 0.136 e. The van der Waals surface area contributed by atoms with E-state index in [9.17, 15) is 0 Å². The van der Waals surface area contributed by atoms with Gasteiger partial charge in [-0.3, -0.25) is 4.90 Å². The normalized spacial score (nSPS) is 19.8. The Bertz CT molecular complexity index is 464. The molecule has 3 rings (SSSR count). The van der Waals surface area contributed by atoms with Crippen LogP contribution in [0.15, 0.2) is 6.07 Å². The van der Waals surface area contributed by atoms with Gasteiger partial charge in [0.05, 0.1) is 0 Å². The predicted octanol–water partition coefficient (Wildman–Crippen LogP) is 2.32. The molecule has 0 atom stereocenters. The Balaban J connectivity index is 1.72. The standard InChI is InChI=1S/C16H27N5/c1-3-7-20-8-10-21(11-9-20)15-12-14(17-4-2)18-16(19-15)13-5-6-13/h12-13H,3-11H2,1-2H3,(H,17,18,19). The summed E-state index contributed by atoms with van der Waals surface area (Å²) in [7, 11) is 0. The Hall–Kier alpha value is -1.36. The monoisotopic (exact) mass is 289 g/mol. The number of hydrogen-bond donors (Lipinski definition) is 1. The Morgan fingerprint density at radius 1 is 1.14 bits per heavy atom. The van der Waals surface area contributed by atoms with E-state index in [0.717, 1.165) is 50.2 Å². The van der Waals surface area contributed by atoms with Gasteiger partial charge in [-0.05, 0) is 32.7 Å². The molecule has 116 valence electrons. The summed E-state index contributed by atoms with van der Waals surface area (Å²) in [5, 5.41) is 3.35. The first-order valence-corrected chi connectivity index (χ1v) is 8.40. The van der Waals surface area contributed by atoms with E-state index in [4.69, 9.17) is 4.98 Å². The molecule has 5 nitrogen and oxygen atoms in total. The topological polar surface area (TPSA) is 44.3 Å². The molecule has 1 saturated carbocycles. The summed E-state index contributed by atoms with van der Waals surface area (Å²) in [6.07, 6.45) is 3.74. The molecule has 1 aromatic rings. The number of aromatic nitrogens is 2. The average Bonchev–Trinajstić information content (AvgIpc) is 3.33. The van der Waals surface area contributed by atoms with Crippen molar-refractivity contribution in [3.05, 3.63) is 11.9 Å². The van der Waals surface area contributed by atoms with Crippen molar-refractivity contribution in [1.29, 1.82) is 0 Å². The summed E-state index contributed by atoms with van der Waals surface area (Å²) in [6, 6.07) is 2.12. The third kappa shape index (κ3) is 3.64. The van der Waals surface area contributed by atoms with Crippen molar-refractivity contribution in [3.8, 4) is 0 Å². The van der Waals surface area contributed by atoms with Crippen LogP contribution in [0.3, 0.4) is 0 Å². The molecule has 0 spiro atoms. The van der Waals surface area contributed by atoms with E-state index in [1.807, 2.05) is 0 Å². The smallest absolute Gasteiger partial charge is 0.136 e. The minimum Gasteiger partial charge on any atom is -0.370 e. The van der Waals surface area contributed by atoms with Crippen molar-refractivity contribution in [2.45, 2.75) is 39.0 Å². The highest BCUT2D eigenvalue weighted by atomic mass is 15.3. The molecule has 1 N–H and O–H groups in total. The predicted molar refractivity (Wildman–Crippen MR) is 87.1 cm³/mol. The van der Waals surface area contributed by atoms with Gasteiger partial charge in [-0.25, -0.2) is 9.97 Å². The zero-order valence-corrected chi connectivity index (χ0v) is 13.3. The fourth-order valence-corrected chi connectivity index (χ4v) is 2.93. The van der Waals surface area contributed by atoms with Crippen molar-refractivity contribution in [2.75, 3.05) is 49.5 Å². The number of piperazine rings is 1. The van der Waals surface area contributed by atoms with Gasteiger partial charge in [0.25, 0.3) is 0 Å². The largest absolute Gasteiger partial charge is 0.370 e. The van der Waals surface area contributed by atoms with Gasteiger partial charge in [0.1, 0.15) is 17.5 Å². The lowest BCUT2D eigenvalue weighted by Gasteiger charge is -2.35. The molecule has 0 aromatic carbocycles. The molecular formula is C16H27N5. The molecular weight excluding hydrogens is 262 g/mol. The molecule has 1 saturated heterocycles. The minimum absolute atomic E-state index is 0.601. The summed E-state index contributed by atoms with van der Waals surface area (Å²) in [5.74, 6) is 3.74. The molecule has 1 aliphatic carbocycles. The summed E-state index contributed by atoms with van der Waals surface area (Å²) in [6.45, 7) is 10.9. The number of hydrogen-bond acceptors (Lipinski definition) is 5. The fraction of sp³-hybridized carbons (Fsp3) is 0.750. The minimum atomic E-state index is 0.601. The van der Waals surface area contributed by atoms with Crippen LogP contribution in [0, 0.1) is 0 Å². The molecule has 1 aliphatic heterocycles. The van der Waals surface area contributed by atoms with Crippen molar-refractivity contribution >= 4 is 11.6 Å². The number of nitrogens with zero attached hydrogens (tertiary/aromatic N) is 4. The molecule has 2 fully saturated rings. The number of anilines is 2. The lowest BCUT2D eigenvalue weighted by molar-refractivity contribution is 0.258. The van der Waals surface area contributed by atoms with E-state index in [1.165, 1.54) is 25.8 Å². The van der Waals surface area contributed by atoms with Gasteiger partial charge in [0.2, 0.25) is 0 Å². The summed E-state index contributed by atoms with van der Waals surface area (Å²) < 4.78 is 0. The van der Waals surface area contributed by atoms with Crippen LogP contribution in [-0.4, -0.2) is 54.1 Å². The van der Waals surface area contributed by atoms with Crippen LogP contribution in [0.5, 0.6) is 0 Å². The molecule has 0 radical (unpaired) electrons. The van der Waals surface area contributed by atoms with Gasteiger partial charge in [-0.1, -0.05) is 6.92 Å². The van der Waals surface area contributed by atoms with Crippen LogP contribution < -0.4 is 10.2 Å². The average molecular weight is 289 g/mol. The number of nitrogens with one attached hydrogen (secondary N) is 1. The van der Waals surface area contributed by atoms with Crippen LogP contribution in [0.25, 0.3) is 0 Å². The van der Waals surface area contributed by atoms with Crippen LogP contribution in [0.1, 0.15) is 44.9 Å². The molecule has 21 heavy (non-hydrogen) atoms. The quantitative estimate of drug-likeness (QED) is 0.870. The second kappa shape index (κ2) is 6.60. The molecule has 2 heterocycles. The zero-order chi connectivity index (χ0) is 14.7. The van der Waals surface area contributed by atoms with E-state index in [2.05, 4.69) is 40.0 Å². The second-order valence-corrected chi connectivity index (χ2v) is 6.10. The Labute approximate surface area is 127 Å². The van der Waals surface area contributed by atoms with E-state index in [-0.39, 0.29) is 0 Å². The Morgan fingerprint density at radius 3 is 2.52 bits per heavy atom. The number of rotatable bonds is 6. The van der Waals surface area contributed by atoms with Gasteiger partial charge >= 0.3 is 0 Å². The van der Waals surface area contributed by atoms with Crippen molar-refractivity contribution in [1.82, 2.24) is 14.9 Å². The highest BCUT2D eigenvalue weighted by Gasteiger charge is 2.28. The van der Waals surface area contributed by atoms with Crippen LogP contribution in [0.2, 0.25) is 0 Å². The molecule has 5 heteroatoms. The maximum atomic E-state index is 4.83. The highest BCUT2D eigenvalue weighted by Crippen LogP contribution is 2.39. The summed E-state index contributed by atoms with van der Waals surface area (Å²) >= 11 is 0. The van der Waals surface area contributed by atoms with Crippen molar-refractivity contribution in [2.24, 2.45) is 0 Å². The lowest BCUT2D eigenvalue weighted by atomic mass is 10.3. The van der Waals surface area contributed by atoms with E-state index in [1.54, 1.807) is 0 Å². The summed E-state index contributed by atoms with van der Waals surface area (Å²) in [4.78, 5) is 14.5. The fourth-order valence-electron chi connectivity index (χ4n) is 2.93. The van der Waals surface area contributed by atoms with Crippen molar-refractivity contribution < 1.29 is 0 Å². The lowest BCUT2D eigenvalue weighted by Crippen LogP contribution is -2.46.